The summed E-state index contributed by atoms with van der Waals surface area (Å²) >= 11 is 0. The van der Waals surface area contributed by atoms with E-state index in [0.29, 0.717) is 12.7 Å². The number of hydrogen-bond donors (Lipinski definition) is 1. The third-order valence-electron chi connectivity index (χ3n) is 4.44. The molecule has 4 heteroatoms. The number of imidazole rings is 1. The van der Waals surface area contributed by atoms with Gasteiger partial charge in [-0.2, -0.15) is 0 Å². The molecule has 0 aliphatic carbocycles. The van der Waals surface area contributed by atoms with Crippen molar-refractivity contribution in [2.45, 2.75) is 38.5 Å². The molecule has 122 valence electrons. The Balaban J connectivity index is 1.46. The minimum atomic E-state index is 0.359. The second kappa shape index (κ2) is 8.09. The molecule has 2 heterocycles. The Morgan fingerprint density at radius 1 is 1.26 bits per heavy atom. The molecule has 1 aromatic carbocycles. The molecule has 1 saturated heterocycles. The summed E-state index contributed by atoms with van der Waals surface area (Å²) < 4.78 is 5.98. The topological polar surface area (TPSA) is 41.1 Å². The Labute approximate surface area is 138 Å². The summed E-state index contributed by atoms with van der Waals surface area (Å²) in [6.07, 6.45) is 9.00. The Morgan fingerprint density at radius 2 is 2.04 bits per heavy atom. The molecule has 0 saturated carbocycles. The van der Waals surface area contributed by atoms with Crippen LogP contribution < -0.4 is 0 Å². The van der Waals surface area contributed by atoms with Gasteiger partial charge < -0.3 is 9.72 Å². The first-order valence-corrected chi connectivity index (χ1v) is 8.34. The summed E-state index contributed by atoms with van der Waals surface area (Å²) in [7, 11) is 0. The predicted molar refractivity (Wildman–Crippen MR) is 92.0 cm³/mol. The quantitative estimate of drug-likeness (QED) is 0.798. The Bertz CT molecular complexity index is 601. The zero-order valence-corrected chi connectivity index (χ0v) is 13.6. The van der Waals surface area contributed by atoms with Gasteiger partial charge in [-0.1, -0.05) is 30.3 Å². The molecule has 0 radical (unpaired) electrons. The van der Waals surface area contributed by atoms with Gasteiger partial charge in [0, 0.05) is 19.6 Å². The first-order chi connectivity index (χ1) is 11.3. The van der Waals surface area contributed by atoms with E-state index in [1.54, 1.807) is 6.33 Å². The highest BCUT2D eigenvalue weighted by atomic mass is 16.5. The number of benzene rings is 1. The Morgan fingerprint density at radius 3 is 2.74 bits per heavy atom. The molecule has 1 aromatic heterocycles. The van der Waals surface area contributed by atoms with Gasteiger partial charge in [0.1, 0.15) is 0 Å². The molecule has 0 bridgehead atoms. The molecule has 1 aliphatic heterocycles. The van der Waals surface area contributed by atoms with E-state index in [2.05, 4.69) is 45.7 Å². The summed E-state index contributed by atoms with van der Waals surface area (Å²) in [6, 6.07) is 8.68. The van der Waals surface area contributed by atoms with E-state index in [1.165, 1.54) is 11.1 Å². The zero-order chi connectivity index (χ0) is 15.9. The highest BCUT2D eigenvalue weighted by Gasteiger charge is 2.20. The van der Waals surface area contributed by atoms with Crippen LogP contribution in [0.5, 0.6) is 0 Å². The number of H-pyrrole nitrogens is 1. The van der Waals surface area contributed by atoms with Crippen LogP contribution in [0.25, 0.3) is 0 Å². The maximum atomic E-state index is 5.98. The van der Waals surface area contributed by atoms with Gasteiger partial charge in [0.05, 0.1) is 30.9 Å². The molecule has 1 fully saturated rings. The van der Waals surface area contributed by atoms with Crippen molar-refractivity contribution in [3.63, 3.8) is 0 Å². The van der Waals surface area contributed by atoms with E-state index in [4.69, 9.17) is 4.74 Å². The molecule has 4 nitrogen and oxygen atoms in total. The average molecular weight is 311 g/mol. The summed E-state index contributed by atoms with van der Waals surface area (Å²) in [5.74, 6) is 0. The average Bonchev–Trinajstić information content (AvgIpc) is 3.10. The molecule has 0 unspecified atom stereocenters. The summed E-state index contributed by atoms with van der Waals surface area (Å²) in [5.41, 5.74) is 3.86. The van der Waals surface area contributed by atoms with Crippen molar-refractivity contribution in [3.8, 4) is 0 Å². The number of nitrogens with one attached hydrogen (secondary N) is 1. The van der Waals surface area contributed by atoms with E-state index in [1.807, 2.05) is 12.3 Å². The highest BCUT2D eigenvalue weighted by Crippen LogP contribution is 2.19. The van der Waals surface area contributed by atoms with E-state index in [9.17, 15) is 0 Å². The minimum Gasteiger partial charge on any atom is -0.372 e. The normalized spacial score (nSPS) is 16.5. The fourth-order valence-corrected chi connectivity index (χ4v) is 3.11. The third-order valence-corrected chi connectivity index (χ3v) is 4.44. The second-order valence-electron chi connectivity index (χ2n) is 6.12. The second-order valence-corrected chi connectivity index (χ2v) is 6.12. The molecular formula is C19H25N3O. The zero-order valence-electron chi connectivity index (χ0n) is 13.6. The number of ether oxygens (including phenoxy) is 1. The lowest BCUT2D eigenvalue weighted by Crippen LogP contribution is -2.36. The van der Waals surface area contributed by atoms with Gasteiger partial charge in [-0.25, -0.2) is 4.98 Å². The van der Waals surface area contributed by atoms with Crippen LogP contribution in [0.1, 0.15) is 29.7 Å². The lowest BCUT2D eigenvalue weighted by atomic mass is 10.0. The van der Waals surface area contributed by atoms with Gasteiger partial charge in [0.15, 0.2) is 0 Å². The molecule has 2 aromatic rings. The highest BCUT2D eigenvalue weighted by molar-refractivity contribution is 5.28. The number of nitrogens with zero attached hydrogens (tertiary/aromatic N) is 2. The van der Waals surface area contributed by atoms with Crippen molar-refractivity contribution >= 4 is 0 Å². The number of rotatable bonds is 7. The molecule has 3 rings (SSSR count). The van der Waals surface area contributed by atoms with Gasteiger partial charge in [0.2, 0.25) is 0 Å². The van der Waals surface area contributed by atoms with Crippen molar-refractivity contribution < 1.29 is 4.74 Å². The molecule has 0 spiro atoms. The number of likely N-dealkylation sites (tertiary alicyclic amines) is 1. The van der Waals surface area contributed by atoms with Crippen molar-refractivity contribution in [1.29, 1.82) is 0 Å². The molecule has 0 atom stereocenters. The predicted octanol–water partition coefficient (Wildman–Crippen LogP) is 3.32. The SMILES string of the molecule is C=CCc1ccccc1CN1CCC(OCc2cnc[nH]2)CC1. The van der Waals surface area contributed by atoms with E-state index in [-0.39, 0.29) is 0 Å². The number of aromatic nitrogens is 2. The maximum Gasteiger partial charge on any atom is 0.0922 e. The molecule has 23 heavy (non-hydrogen) atoms. The van der Waals surface area contributed by atoms with E-state index in [0.717, 1.165) is 44.6 Å². The van der Waals surface area contributed by atoms with Crippen LogP contribution in [0, 0.1) is 0 Å². The van der Waals surface area contributed by atoms with Crippen LogP contribution in [0.15, 0.2) is 49.4 Å². The van der Waals surface area contributed by atoms with Crippen molar-refractivity contribution in [2.75, 3.05) is 13.1 Å². The van der Waals surface area contributed by atoms with Crippen LogP contribution in [0.4, 0.5) is 0 Å². The fourth-order valence-electron chi connectivity index (χ4n) is 3.11. The molecule has 0 amide bonds. The van der Waals surface area contributed by atoms with Gasteiger partial charge in [0.25, 0.3) is 0 Å². The largest absolute Gasteiger partial charge is 0.372 e. The van der Waals surface area contributed by atoms with Crippen LogP contribution in [-0.2, 0) is 24.3 Å². The van der Waals surface area contributed by atoms with Gasteiger partial charge in [-0.05, 0) is 30.4 Å². The maximum absolute atomic E-state index is 5.98. The van der Waals surface area contributed by atoms with Crippen molar-refractivity contribution in [2.24, 2.45) is 0 Å². The Hall–Kier alpha value is -1.91. The van der Waals surface area contributed by atoms with Gasteiger partial charge in [-0.15, -0.1) is 6.58 Å². The van der Waals surface area contributed by atoms with Crippen molar-refractivity contribution in [1.82, 2.24) is 14.9 Å². The smallest absolute Gasteiger partial charge is 0.0922 e. The Kier molecular flexibility index (Phi) is 5.61. The first-order valence-electron chi connectivity index (χ1n) is 8.34. The minimum absolute atomic E-state index is 0.359. The number of allylic oxidation sites excluding steroid dienone is 1. The summed E-state index contributed by atoms with van der Waals surface area (Å²) in [6.45, 7) is 7.70. The number of aromatic amines is 1. The molecule has 1 aliphatic rings. The van der Waals surface area contributed by atoms with Crippen LogP contribution in [-0.4, -0.2) is 34.1 Å². The molecular weight excluding hydrogens is 286 g/mol. The lowest BCUT2D eigenvalue weighted by molar-refractivity contribution is -0.00514. The molecule has 1 N–H and O–H groups in total. The first kappa shape index (κ1) is 16.0. The van der Waals surface area contributed by atoms with Gasteiger partial charge in [-0.3, -0.25) is 4.90 Å². The number of hydrogen-bond acceptors (Lipinski definition) is 3. The van der Waals surface area contributed by atoms with E-state index < -0.39 is 0 Å². The third kappa shape index (κ3) is 4.53. The van der Waals surface area contributed by atoms with Crippen molar-refractivity contribution in [3.05, 3.63) is 66.3 Å². The fraction of sp³-hybridized carbons (Fsp3) is 0.421. The van der Waals surface area contributed by atoms with Crippen LogP contribution in [0.3, 0.4) is 0 Å². The number of piperidine rings is 1. The van der Waals surface area contributed by atoms with Crippen LogP contribution >= 0.6 is 0 Å². The van der Waals surface area contributed by atoms with E-state index >= 15 is 0 Å². The standard InChI is InChI=1S/C19H25N3O/c1-2-5-16-6-3-4-7-17(16)13-22-10-8-19(9-11-22)23-14-18-12-20-15-21-18/h2-4,6-7,12,15,19H,1,5,8-11,13-14H2,(H,20,21). The lowest BCUT2D eigenvalue weighted by Gasteiger charge is -2.32. The summed E-state index contributed by atoms with van der Waals surface area (Å²) in [4.78, 5) is 9.62. The summed E-state index contributed by atoms with van der Waals surface area (Å²) in [5, 5.41) is 0. The van der Waals surface area contributed by atoms with Gasteiger partial charge >= 0.3 is 0 Å². The van der Waals surface area contributed by atoms with Crippen LogP contribution in [0.2, 0.25) is 0 Å². The monoisotopic (exact) mass is 311 g/mol.